The molecule has 0 amide bonds. The molecule has 0 spiro atoms. The van der Waals surface area contributed by atoms with E-state index < -0.39 is 6.10 Å². The van der Waals surface area contributed by atoms with Crippen LogP contribution in [0.4, 0.5) is 0 Å². The standard InChI is InChI=1S/C16H21BrN2O2/c1-9-5-4-6-10(9)15(20)11-7-13-14(8-12(11)17)19(3)16(21)18(13)2/h7-10,15,20H,4-6H2,1-3H3. The number of hydrogen-bond acceptors (Lipinski definition) is 2. The average molecular weight is 353 g/mol. The van der Waals surface area contributed by atoms with E-state index in [1.807, 2.05) is 12.1 Å². The molecule has 1 heterocycles. The first-order valence-electron chi connectivity index (χ1n) is 7.44. The van der Waals surface area contributed by atoms with Crippen molar-refractivity contribution in [3.8, 4) is 0 Å². The second-order valence-electron chi connectivity index (χ2n) is 6.28. The van der Waals surface area contributed by atoms with Gasteiger partial charge in [-0.05, 0) is 36.0 Å². The van der Waals surface area contributed by atoms with Crippen molar-refractivity contribution < 1.29 is 5.11 Å². The highest BCUT2D eigenvalue weighted by Crippen LogP contribution is 2.42. The first-order valence-corrected chi connectivity index (χ1v) is 8.24. The molecule has 1 N–H and O–H groups in total. The van der Waals surface area contributed by atoms with E-state index >= 15 is 0 Å². The number of rotatable bonds is 2. The van der Waals surface area contributed by atoms with Gasteiger partial charge in [0.1, 0.15) is 0 Å². The molecule has 0 aliphatic heterocycles. The number of aromatic nitrogens is 2. The molecule has 1 aliphatic rings. The van der Waals surface area contributed by atoms with Gasteiger partial charge in [0.2, 0.25) is 0 Å². The van der Waals surface area contributed by atoms with Crippen molar-refractivity contribution in [2.45, 2.75) is 32.3 Å². The van der Waals surface area contributed by atoms with Crippen LogP contribution < -0.4 is 5.69 Å². The number of fused-ring (bicyclic) bond motifs is 1. The molecule has 4 nitrogen and oxygen atoms in total. The molecular weight excluding hydrogens is 332 g/mol. The van der Waals surface area contributed by atoms with Crippen LogP contribution in [0.1, 0.15) is 37.9 Å². The first kappa shape index (κ1) is 14.9. The topological polar surface area (TPSA) is 47.2 Å². The molecule has 3 unspecified atom stereocenters. The summed E-state index contributed by atoms with van der Waals surface area (Å²) in [7, 11) is 3.54. The van der Waals surface area contributed by atoms with Gasteiger partial charge in [-0.1, -0.05) is 35.7 Å². The van der Waals surface area contributed by atoms with Crippen molar-refractivity contribution in [2.75, 3.05) is 0 Å². The Labute approximate surface area is 132 Å². The minimum Gasteiger partial charge on any atom is -0.388 e. The molecule has 0 saturated heterocycles. The van der Waals surface area contributed by atoms with Gasteiger partial charge in [-0.15, -0.1) is 0 Å². The second kappa shape index (κ2) is 5.29. The average Bonchev–Trinajstić information content (AvgIpc) is 2.97. The SMILES string of the molecule is CC1CCCC1C(O)c1cc2c(cc1Br)n(C)c(=O)n2C. The van der Waals surface area contributed by atoms with Crippen molar-refractivity contribution in [2.24, 2.45) is 25.9 Å². The molecule has 2 aromatic rings. The van der Waals surface area contributed by atoms with Gasteiger partial charge in [0.15, 0.2) is 0 Å². The van der Waals surface area contributed by atoms with Crippen molar-refractivity contribution in [3.05, 3.63) is 32.7 Å². The molecule has 1 aliphatic carbocycles. The number of nitrogens with zero attached hydrogens (tertiary/aromatic N) is 2. The molecule has 0 bridgehead atoms. The largest absolute Gasteiger partial charge is 0.388 e. The Balaban J connectivity index is 2.13. The van der Waals surface area contributed by atoms with Crippen LogP contribution in [0.25, 0.3) is 11.0 Å². The normalized spacial score (nSPS) is 23.9. The highest BCUT2D eigenvalue weighted by molar-refractivity contribution is 9.10. The zero-order valence-electron chi connectivity index (χ0n) is 12.6. The summed E-state index contributed by atoms with van der Waals surface area (Å²) in [4.78, 5) is 12.0. The smallest absolute Gasteiger partial charge is 0.328 e. The zero-order valence-corrected chi connectivity index (χ0v) is 14.2. The van der Waals surface area contributed by atoms with E-state index in [1.165, 1.54) is 12.8 Å². The summed E-state index contributed by atoms with van der Waals surface area (Å²) in [5.74, 6) is 0.849. The van der Waals surface area contributed by atoms with E-state index in [0.29, 0.717) is 11.8 Å². The van der Waals surface area contributed by atoms with Crippen LogP contribution in [0.3, 0.4) is 0 Å². The van der Waals surface area contributed by atoms with Gasteiger partial charge in [-0.25, -0.2) is 4.79 Å². The third kappa shape index (κ3) is 2.27. The quantitative estimate of drug-likeness (QED) is 0.902. The number of imidazole rings is 1. The molecule has 1 saturated carbocycles. The molecule has 21 heavy (non-hydrogen) atoms. The number of benzene rings is 1. The third-order valence-electron chi connectivity index (χ3n) is 5.04. The summed E-state index contributed by atoms with van der Waals surface area (Å²) in [6.45, 7) is 2.21. The molecule has 114 valence electrons. The summed E-state index contributed by atoms with van der Waals surface area (Å²) in [6.07, 6.45) is 2.97. The van der Waals surface area contributed by atoms with Crippen molar-refractivity contribution in [1.82, 2.24) is 9.13 Å². The maximum absolute atomic E-state index is 12.0. The van der Waals surface area contributed by atoms with Crippen LogP contribution in [0.15, 0.2) is 21.4 Å². The van der Waals surface area contributed by atoms with Gasteiger partial charge in [0.25, 0.3) is 0 Å². The number of aryl methyl sites for hydroxylation is 2. The van der Waals surface area contributed by atoms with Gasteiger partial charge in [-0.2, -0.15) is 0 Å². The van der Waals surface area contributed by atoms with E-state index in [0.717, 1.165) is 27.5 Å². The van der Waals surface area contributed by atoms with Gasteiger partial charge in [0.05, 0.1) is 17.1 Å². The fourth-order valence-electron chi connectivity index (χ4n) is 3.64. The molecule has 1 aromatic heterocycles. The lowest BCUT2D eigenvalue weighted by atomic mass is 9.88. The Kier molecular flexibility index (Phi) is 3.74. The third-order valence-corrected chi connectivity index (χ3v) is 5.73. The molecule has 5 heteroatoms. The summed E-state index contributed by atoms with van der Waals surface area (Å²) in [6, 6.07) is 3.89. The molecule has 3 rings (SSSR count). The second-order valence-corrected chi connectivity index (χ2v) is 7.13. The van der Waals surface area contributed by atoms with Crippen LogP contribution >= 0.6 is 15.9 Å². The van der Waals surface area contributed by atoms with Crippen molar-refractivity contribution >= 4 is 27.0 Å². The van der Waals surface area contributed by atoms with Crippen LogP contribution in [0.2, 0.25) is 0 Å². The predicted molar refractivity (Wildman–Crippen MR) is 87.3 cm³/mol. The first-order chi connectivity index (χ1) is 9.91. The summed E-state index contributed by atoms with van der Waals surface area (Å²) in [5, 5.41) is 10.8. The zero-order chi connectivity index (χ0) is 15.3. The lowest BCUT2D eigenvalue weighted by molar-refractivity contribution is 0.0895. The summed E-state index contributed by atoms with van der Waals surface area (Å²) < 4.78 is 4.15. The highest BCUT2D eigenvalue weighted by Gasteiger charge is 2.32. The fourth-order valence-corrected chi connectivity index (χ4v) is 4.20. The Hall–Kier alpha value is -1.07. The maximum Gasteiger partial charge on any atom is 0.328 e. The van der Waals surface area contributed by atoms with Crippen LogP contribution in [0.5, 0.6) is 0 Å². The summed E-state index contributed by atoms with van der Waals surface area (Å²) >= 11 is 3.57. The lowest BCUT2D eigenvalue weighted by Gasteiger charge is -2.23. The molecular formula is C16H21BrN2O2. The predicted octanol–water partition coefficient (Wildman–Crippen LogP) is 3.11. The van der Waals surface area contributed by atoms with E-state index in [9.17, 15) is 9.90 Å². The minimum atomic E-state index is -0.475. The molecule has 1 fully saturated rings. The van der Waals surface area contributed by atoms with Crippen molar-refractivity contribution in [3.63, 3.8) is 0 Å². The summed E-state index contributed by atoms with van der Waals surface area (Å²) in [5.41, 5.74) is 2.59. The van der Waals surface area contributed by atoms with Crippen LogP contribution in [-0.2, 0) is 14.1 Å². The van der Waals surface area contributed by atoms with Crippen LogP contribution in [0, 0.1) is 11.8 Å². The van der Waals surface area contributed by atoms with Gasteiger partial charge >= 0.3 is 5.69 Å². The maximum atomic E-state index is 12.0. The minimum absolute atomic E-state index is 0.0437. The Morgan fingerprint density at radius 1 is 1.24 bits per heavy atom. The molecule has 3 atom stereocenters. The van der Waals surface area contributed by atoms with Crippen LogP contribution in [-0.4, -0.2) is 14.2 Å². The highest BCUT2D eigenvalue weighted by atomic mass is 79.9. The monoisotopic (exact) mass is 352 g/mol. The van der Waals surface area contributed by atoms with Gasteiger partial charge in [-0.3, -0.25) is 9.13 Å². The van der Waals surface area contributed by atoms with Gasteiger partial charge < -0.3 is 5.11 Å². The van der Waals surface area contributed by atoms with E-state index in [-0.39, 0.29) is 5.69 Å². The number of halogens is 1. The van der Waals surface area contributed by atoms with Gasteiger partial charge in [0, 0.05) is 18.6 Å². The Morgan fingerprint density at radius 2 is 1.86 bits per heavy atom. The van der Waals surface area contributed by atoms with E-state index in [2.05, 4.69) is 22.9 Å². The fraction of sp³-hybridized carbons (Fsp3) is 0.562. The number of aliphatic hydroxyl groups is 1. The lowest BCUT2D eigenvalue weighted by Crippen LogP contribution is -2.19. The van der Waals surface area contributed by atoms with Crippen molar-refractivity contribution in [1.29, 1.82) is 0 Å². The van der Waals surface area contributed by atoms with E-state index in [1.54, 1.807) is 23.2 Å². The Morgan fingerprint density at radius 3 is 2.43 bits per heavy atom. The Bertz CT molecular complexity index is 747. The number of aliphatic hydroxyl groups excluding tert-OH is 1. The molecule has 1 aromatic carbocycles. The van der Waals surface area contributed by atoms with E-state index in [4.69, 9.17) is 0 Å². The number of hydrogen-bond donors (Lipinski definition) is 1. The molecule has 0 radical (unpaired) electrons.